The predicted molar refractivity (Wildman–Crippen MR) is 113 cm³/mol. The number of aromatic nitrogens is 1. The van der Waals surface area contributed by atoms with Gasteiger partial charge in [-0.2, -0.15) is 0 Å². The molecular formula is C22H23FN2O3S. The lowest BCUT2D eigenvalue weighted by Crippen LogP contribution is -2.35. The minimum absolute atomic E-state index is 0.210. The van der Waals surface area contributed by atoms with Crippen molar-refractivity contribution in [2.45, 2.75) is 51.3 Å². The van der Waals surface area contributed by atoms with E-state index in [1.165, 1.54) is 12.1 Å². The monoisotopic (exact) mass is 414 g/mol. The Kier molecular flexibility index (Phi) is 4.91. The lowest BCUT2D eigenvalue weighted by Gasteiger charge is -2.23. The van der Waals surface area contributed by atoms with Gasteiger partial charge in [-0.25, -0.2) is 13.3 Å². The van der Waals surface area contributed by atoms with Crippen LogP contribution in [-0.4, -0.2) is 13.9 Å². The average Bonchev–Trinajstić information content (AvgIpc) is 2.67. The molecule has 5 nitrogen and oxygen atoms in total. The molecule has 2 aromatic heterocycles. The summed E-state index contributed by atoms with van der Waals surface area (Å²) in [5.41, 5.74) is 2.79. The highest BCUT2D eigenvalue weighted by Crippen LogP contribution is 2.35. The molecule has 7 heteroatoms. The minimum Gasteiger partial charge on any atom is -0.455 e. The Morgan fingerprint density at radius 2 is 2.03 bits per heavy atom. The van der Waals surface area contributed by atoms with E-state index < -0.39 is 27.6 Å². The predicted octanol–water partition coefficient (Wildman–Crippen LogP) is 4.21. The second-order valence-corrected chi connectivity index (χ2v) is 10.3. The normalized spacial score (nSPS) is 15.6. The Morgan fingerprint density at radius 3 is 2.76 bits per heavy atom. The van der Waals surface area contributed by atoms with Crippen LogP contribution in [0, 0.1) is 5.82 Å². The number of benzene rings is 1. The zero-order valence-corrected chi connectivity index (χ0v) is 17.7. The maximum atomic E-state index is 14.4. The van der Waals surface area contributed by atoms with Gasteiger partial charge in [-0.3, -0.25) is 9.78 Å². The van der Waals surface area contributed by atoms with Gasteiger partial charge in [-0.15, -0.1) is 0 Å². The van der Waals surface area contributed by atoms with Crippen LogP contribution in [0.4, 0.5) is 4.39 Å². The van der Waals surface area contributed by atoms with Crippen LogP contribution in [0.3, 0.4) is 0 Å². The van der Waals surface area contributed by atoms with E-state index in [4.69, 9.17) is 4.42 Å². The van der Waals surface area contributed by atoms with E-state index >= 15 is 0 Å². The van der Waals surface area contributed by atoms with E-state index in [9.17, 15) is 13.4 Å². The van der Waals surface area contributed by atoms with Crippen molar-refractivity contribution in [2.24, 2.45) is 0 Å². The molecule has 4 rings (SSSR count). The van der Waals surface area contributed by atoms with Gasteiger partial charge in [0.2, 0.25) is 0 Å². The van der Waals surface area contributed by atoms with Crippen LogP contribution in [0.25, 0.3) is 22.3 Å². The van der Waals surface area contributed by atoms with Gasteiger partial charge in [0.1, 0.15) is 17.2 Å². The van der Waals surface area contributed by atoms with Crippen LogP contribution < -0.4 is 10.2 Å². The third-order valence-electron chi connectivity index (χ3n) is 5.13. The van der Waals surface area contributed by atoms with Crippen molar-refractivity contribution in [3.05, 3.63) is 63.3 Å². The second-order valence-electron chi connectivity index (χ2n) is 8.33. The van der Waals surface area contributed by atoms with E-state index in [1.807, 2.05) is 26.8 Å². The lowest BCUT2D eigenvalue weighted by molar-refractivity contribution is 0.574. The number of halogens is 1. The fourth-order valence-electron chi connectivity index (χ4n) is 3.58. The fraction of sp³-hybridized carbons (Fsp3) is 0.364. The second kappa shape index (κ2) is 7.15. The Bertz CT molecular complexity index is 1200. The first-order valence-electron chi connectivity index (χ1n) is 9.58. The average molecular weight is 415 g/mol. The molecule has 0 saturated heterocycles. The quantitative estimate of drug-likeness (QED) is 0.697. The first-order valence-corrected chi connectivity index (χ1v) is 10.7. The van der Waals surface area contributed by atoms with Crippen molar-refractivity contribution in [3.8, 4) is 11.3 Å². The van der Waals surface area contributed by atoms with E-state index in [0.717, 1.165) is 11.3 Å². The number of nitrogens with zero attached hydrogens (tertiary/aromatic N) is 1. The van der Waals surface area contributed by atoms with Gasteiger partial charge in [0, 0.05) is 28.9 Å². The molecule has 3 aromatic rings. The molecule has 1 N–H and O–H groups in total. The van der Waals surface area contributed by atoms with Gasteiger partial charge >= 0.3 is 0 Å². The highest BCUT2D eigenvalue weighted by Gasteiger charge is 2.27. The zero-order chi connectivity index (χ0) is 20.9. The molecule has 2 atom stereocenters. The Balaban J connectivity index is 1.93. The molecule has 0 spiro atoms. The molecule has 1 aromatic carbocycles. The summed E-state index contributed by atoms with van der Waals surface area (Å²) in [5, 5.41) is 0.210. The Hall–Kier alpha value is -2.38. The number of hydrogen-bond donors (Lipinski definition) is 1. The molecule has 2 heterocycles. The van der Waals surface area contributed by atoms with Gasteiger partial charge in [0.25, 0.3) is 0 Å². The van der Waals surface area contributed by atoms with E-state index in [1.54, 1.807) is 19.2 Å². The number of aryl methyl sites for hydroxylation is 1. The molecule has 0 fully saturated rings. The molecule has 1 aliphatic carbocycles. The summed E-state index contributed by atoms with van der Waals surface area (Å²) < 4.78 is 35.7. The first kappa shape index (κ1) is 19.9. The van der Waals surface area contributed by atoms with Crippen LogP contribution >= 0.6 is 0 Å². The third kappa shape index (κ3) is 3.53. The summed E-state index contributed by atoms with van der Waals surface area (Å²) >= 11 is 0. The standard InChI is InChI=1S/C22H23FN2O3S/c1-12(25-29(27)22(2,3)4)16-10-13(23)11-17-19(26)15-7-8-18-14(6-5-9-24-18)20(15)28-21(16)17/h5-6,9-12,25H,7-8H2,1-4H3/t12-,29-/m1/s1. The molecule has 0 aliphatic heterocycles. The fourth-order valence-corrected chi connectivity index (χ4v) is 4.38. The number of nitrogens with one attached hydrogen (secondary N) is 1. The summed E-state index contributed by atoms with van der Waals surface area (Å²) in [7, 11) is -1.36. The maximum Gasteiger partial charge on any atom is 0.196 e. The number of hydrogen-bond acceptors (Lipinski definition) is 4. The van der Waals surface area contributed by atoms with Crippen LogP contribution in [0.2, 0.25) is 0 Å². The van der Waals surface area contributed by atoms with Crippen LogP contribution in [0.1, 0.15) is 50.6 Å². The molecule has 0 bridgehead atoms. The highest BCUT2D eigenvalue weighted by atomic mass is 32.2. The number of pyridine rings is 1. The molecule has 29 heavy (non-hydrogen) atoms. The van der Waals surface area contributed by atoms with Gasteiger partial charge in [0.05, 0.1) is 26.8 Å². The Morgan fingerprint density at radius 1 is 1.28 bits per heavy atom. The number of rotatable bonds is 3. The van der Waals surface area contributed by atoms with Gasteiger partial charge in [-0.05, 0) is 64.8 Å². The molecule has 0 amide bonds. The van der Waals surface area contributed by atoms with Crippen LogP contribution in [0.15, 0.2) is 39.7 Å². The topological polar surface area (TPSA) is 72.2 Å². The summed E-state index contributed by atoms with van der Waals surface area (Å²) in [4.78, 5) is 17.6. The highest BCUT2D eigenvalue weighted by molar-refractivity contribution is 7.84. The number of fused-ring (bicyclic) bond motifs is 4. The van der Waals surface area contributed by atoms with Crippen molar-refractivity contribution in [1.82, 2.24) is 9.71 Å². The van der Waals surface area contributed by atoms with Crippen molar-refractivity contribution in [1.29, 1.82) is 0 Å². The smallest absolute Gasteiger partial charge is 0.196 e. The molecule has 0 radical (unpaired) electrons. The summed E-state index contributed by atoms with van der Waals surface area (Å²) in [6.45, 7) is 7.35. The Labute approximate surface area is 170 Å². The lowest BCUT2D eigenvalue weighted by atomic mass is 9.92. The molecule has 0 saturated carbocycles. The minimum atomic E-state index is -1.36. The first-order chi connectivity index (χ1) is 13.7. The SMILES string of the molecule is C[C@@H](N[S@](=O)C(C)(C)C)c1cc(F)cc2c(=O)c3c(oc12)-c1cccnc1CC3. The summed E-state index contributed by atoms with van der Waals surface area (Å²) in [5.74, 6) is -0.0262. The van der Waals surface area contributed by atoms with E-state index in [2.05, 4.69) is 9.71 Å². The third-order valence-corrected chi connectivity index (χ3v) is 6.81. The van der Waals surface area contributed by atoms with Crippen molar-refractivity contribution >= 4 is 22.0 Å². The zero-order valence-electron chi connectivity index (χ0n) is 16.8. The molecular weight excluding hydrogens is 391 g/mol. The molecule has 152 valence electrons. The van der Waals surface area contributed by atoms with Crippen molar-refractivity contribution < 1.29 is 13.0 Å². The van der Waals surface area contributed by atoms with Gasteiger partial charge < -0.3 is 4.42 Å². The summed E-state index contributed by atoms with van der Waals surface area (Å²) in [6, 6.07) is 5.76. The van der Waals surface area contributed by atoms with Crippen molar-refractivity contribution in [3.63, 3.8) is 0 Å². The van der Waals surface area contributed by atoms with Gasteiger partial charge in [0.15, 0.2) is 5.43 Å². The molecule has 1 aliphatic rings. The molecule has 0 unspecified atom stereocenters. The van der Waals surface area contributed by atoms with Crippen LogP contribution in [0.5, 0.6) is 0 Å². The van der Waals surface area contributed by atoms with Crippen LogP contribution in [-0.2, 0) is 23.8 Å². The van der Waals surface area contributed by atoms with E-state index in [0.29, 0.717) is 35.3 Å². The van der Waals surface area contributed by atoms with E-state index in [-0.39, 0.29) is 10.8 Å². The maximum absolute atomic E-state index is 14.4. The summed E-state index contributed by atoms with van der Waals surface area (Å²) in [6.07, 6.45) is 2.87. The largest absolute Gasteiger partial charge is 0.455 e. The van der Waals surface area contributed by atoms with Crippen molar-refractivity contribution in [2.75, 3.05) is 0 Å². The van der Waals surface area contributed by atoms with Gasteiger partial charge in [-0.1, -0.05) is 0 Å².